The normalized spacial score (nSPS) is 18.6. The van der Waals surface area contributed by atoms with Crippen LogP contribution in [0.4, 0.5) is 13.2 Å². The Morgan fingerprint density at radius 3 is 1.74 bits per heavy atom. The number of thiol groups is 1. The molecule has 0 heterocycles. The Labute approximate surface area is 133 Å². The molecule has 0 aromatic heterocycles. The zero-order valence-corrected chi connectivity index (χ0v) is 13.0. The van der Waals surface area contributed by atoms with Crippen molar-refractivity contribution in [1.29, 1.82) is 0 Å². The fourth-order valence-corrected chi connectivity index (χ4v) is 5.26. The quantitative estimate of drug-likeness (QED) is 0.812. The summed E-state index contributed by atoms with van der Waals surface area (Å²) in [5.74, 6) is -0.868. The molecule has 0 aliphatic heterocycles. The third-order valence-corrected chi connectivity index (χ3v) is 6.88. The largest absolute Gasteiger partial charge is 0.271 e. The van der Waals surface area contributed by atoms with Gasteiger partial charge in [-0.3, -0.25) is 4.21 Å². The number of benzene rings is 2. The average molecular weight is 336 g/mol. The van der Waals surface area contributed by atoms with Crippen molar-refractivity contribution in [3.05, 3.63) is 83.3 Å². The van der Waals surface area contributed by atoms with Crippen molar-refractivity contribution < 1.29 is 17.4 Å². The second-order valence-electron chi connectivity index (χ2n) is 5.30. The van der Waals surface area contributed by atoms with Gasteiger partial charge >= 0.3 is 0 Å². The molecule has 0 N–H and O–H groups in total. The zero-order chi connectivity index (χ0) is 16.4. The minimum Gasteiger partial charge on any atom is -0.271 e. The topological polar surface area (TPSA) is 17.1 Å². The zero-order valence-electron chi connectivity index (χ0n) is 12.1. The van der Waals surface area contributed by atoms with E-state index in [9.17, 15) is 17.4 Å². The maximum absolute atomic E-state index is 13.8. The van der Waals surface area contributed by atoms with E-state index in [1.807, 2.05) is 0 Å². The van der Waals surface area contributed by atoms with Crippen molar-refractivity contribution >= 4 is 9.93 Å². The molecule has 0 fully saturated rings. The SMILES string of the molecule is O=[SH](C1=CCC(F)C=C1)(c1ccc(F)cc1)c1ccc(F)cc1. The summed E-state index contributed by atoms with van der Waals surface area (Å²) in [5, 5.41) is 0. The summed E-state index contributed by atoms with van der Waals surface area (Å²) in [5.41, 5.74) is 0. The van der Waals surface area contributed by atoms with Gasteiger partial charge in [0.25, 0.3) is 0 Å². The van der Waals surface area contributed by atoms with Gasteiger partial charge in [-0.25, -0.2) is 13.2 Å². The molecular formula is C18H15F3OS. The molecule has 1 atom stereocenters. The Kier molecular flexibility index (Phi) is 4.22. The molecule has 3 rings (SSSR count). The molecule has 2 aromatic rings. The molecule has 0 radical (unpaired) electrons. The second kappa shape index (κ2) is 6.16. The van der Waals surface area contributed by atoms with Crippen molar-refractivity contribution in [2.75, 3.05) is 0 Å². The van der Waals surface area contributed by atoms with E-state index in [-0.39, 0.29) is 6.42 Å². The van der Waals surface area contributed by atoms with Crippen molar-refractivity contribution in [3.63, 3.8) is 0 Å². The van der Waals surface area contributed by atoms with E-state index in [4.69, 9.17) is 0 Å². The van der Waals surface area contributed by atoms with Crippen molar-refractivity contribution in [1.82, 2.24) is 0 Å². The smallest absolute Gasteiger partial charge is 0.123 e. The van der Waals surface area contributed by atoms with Crippen LogP contribution in [0.15, 0.2) is 81.5 Å². The summed E-state index contributed by atoms with van der Waals surface area (Å²) < 4.78 is 53.6. The first-order valence-electron chi connectivity index (χ1n) is 7.15. The lowest BCUT2D eigenvalue weighted by atomic mass is 10.2. The van der Waals surface area contributed by atoms with Crippen molar-refractivity contribution in [2.24, 2.45) is 0 Å². The number of alkyl halides is 1. The standard InChI is InChI=1S/C18H15F3OS/c19-13-1-7-16(8-2-13)23(22,17-9-3-14(20)4-10-17)18-11-5-15(21)6-12-18/h1-5,7-12,15,23H,6H2. The summed E-state index contributed by atoms with van der Waals surface area (Å²) in [6.07, 6.45) is 3.49. The van der Waals surface area contributed by atoms with Crippen LogP contribution in [0.2, 0.25) is 0 Å². The van der Waals surface area contributed by atoms with Crippen LogP contribution in [-0.4, -0.2) is 10.4 Å². The predicted octanol–water partition coefficient (Wildman–Crippen LogP) is 4.58. The highest BCUT2D eigenvalue weighted by Gasteiger charge is 2.26. The van der Waals surface area contributed by atoms with Crippen LogP contribution in [0.25, 0.3) is 0 Å². The van der Waals surface area contributed by atoms with Gasteiger partial charge in [0.2, 0.25) is 0 Å². The molecule has 1 unspecified atom stereocenters. The molecule has 2 aromatic carbocycles. The monoisotopic (exact) mass is 336 g/mol. The molecule has 0 amide bonds. The molecule has 1 aliphatic rings. The summed E-state index contributed by atoms with van der Waals surface area (Å²) >= 11 is 0. The minimum atomic E-state index is -3.29. The Balaban J connectivity index is 2.17. The van der Waals surface area contributed by atoms with Gasteiger partial charge in [-0.1, -0.05) is 6.08 Å². The van der Waals surface area contributed by atoms with Gasteiger partial charge in [-0.15, -0.1) is 0 Å². The maximum atomic E-state index is 13.8. The van der Waals surface area contributed by atoms with Crippen LogP contribution in [-0.2, 0) is 9.93 Å². The van der Waals surface area contributed by atoms with Gasteiger partial charge in [0, 0.05) is 21.1 Å². The Bertz CT molecular complexity index is 758. The van der Waals surface area contributed by atoms with E-state index in [2.05, 4.69) is 0 Å². The van der Waals surface area contributed by atoms with E-state index < -0.39 is 27.7 Å². The van der Waals surface area contributed by atoms with Crippen LogP contribution in [0.1, 0.15) is 6.42 Å². The molecule has 120 valence electrons. The molecule has 1 nitrogen and oxygen atoms in total. The maximum Gasteiger partial charge on any atom is 0.123 e. The number of rotatable bonds is 3. The highest BCUT2D eigenvalue weighted by Crippen LogP contribution is 2.38. The lowest BCUT2D eigenvalue weighted by molar-refractivity contribution is 0.401. The highest BCUT2D eigenvalue weighted by atomic mass is 32.2. The Morgan fingerprint density at radius 1 is 0.870 bits per heavy atom. The Morgan fingerprint density at radius 2 is 1.35 bits per heavy atom. The number of allylic oxidation sites excluding steroid dienone is 3. The first kappa shape index (κ1) is 15.7. The van der Waals surface area contributed by atoms with Gasteiger partial charge < -0.3 is 0 Å². The molecular weight excluding hydrogens is 321 g/mol. The van der Waals surface area contributed by atoms with Crippen LogP contribution in [0.5, 0.6) is 0 Å². The van der Waals surface area contributed by atoms with Gasteiger partial charge in [-0.2, -0.15) is 0 Å². The van der Waals surface area contributed by atoms with Crippen LogP contribution < -0.4 is 0 Å². The summed E-state index contributed by atoms with van der Waals surface area (Å²) in [7, 11) is -3.29. The van der Waals surface area contributed by atoms with E-state index in [0.717, 1.165) is 0 Å². The predicted molar refractivity (Wildman–Crippen MR) is 85.6 cm³/mol. The molecule has 0 spiro atoms. The molecule has 0 saturated heterocycles. The first-order chi connectivity index (χ1) is 11.0. The van der Waals surface area contributed by atoms with E-state index in [1.165, 1.54) is 60.7 Å². The summed E-state index contributed by atoms with van der Waals surface area (Å²) in [6, 6.07) is 10.7. The van der Waals surface area contributed by atoms with Crippen LogP contribution >= 0.6 is 0 Å². The van der Waals surface area contributed by atoms with Gasteiger partial charge in [0.05, 0.1) is 0 Å². The lowest BCUT2D eigenvalue weighted by Crippen LogP contribution is -2.17. The number of hydrogen-bond acceptors (Lipinski definition) is 1. The van der Waals surface area contributed by atoms with E-state index in [0.29, 0.717) is 14.7 Å². The fraction of sp³-hybridized carbons (Fsp3) is 0.111. The first-order valence-corrected chi connectivity index (χ1v) is 8.86. The molecule has 0 saturated carbocycles. The average Bonchev–Trinajstić information content (AvgIpc) is 2.56. The number of halogens is 3. The second-order valence-corrected chi connectivity index (χ2v) is 8.07. The van der Waals surface area contributed by atoms with E-state index in [1.54, 1.807) is 6.08 Å². The minimum absolute atomic E-state index is 0.137. The number of hydrogen-bond donors (Lipinski definition) is 1. The van der Waals surface area contributed by atoms with Crippen LogP contribution in [0, 0.1) is 11.6 Å². The third-order valence-electron chi connectivity index (χ3n) is 3.77. The van der Waals surface area contributed by atoms with Gasteiger partial charge in [-0.05, 0) is 70.6 Å². The molecule has 5 heteroatoms. The fourth-order valence-electron chi connectivity index (χ4n) is 2.57. The van der Waals surface area contributed by atoms with Gasteiger partial charge in [0.1, 0.15) is 17.8 Å². The summed E-state index contributed by atoms with van der Waals surface area (Å²) in [4.78, 5) is 1.34. The molecule has 0 bridgehead atoms. The van der Waals surface area contributed by atoms with E-state index >= 15 is 0 Å². The van der Waals surface area contributed by atoms with Crippen molar-refractivity contribution in [3.8, 4) is 0 Å². The van der Waals surface area contributed by atoms with Crippen molar-refractivity contribution in [2.45, 2.75) is 22.4 Å². The molecule has 23 heavy (non-hydrogen) atoms. The third kappa shape index (κ3) is 3.01. The van der Waals surface area contributed by atoms with Crippen LogP contribution in [0.3, 0.4) is 0 Å². The Hall–Kier alpha value is -2.14. The lowest BCUT2D eigenvalue weighted by Gasteiger charge is -2.28. The summed E-state index contributed by atoms with van der Waals surface area (Å²) in [6.45, 7) is 0. The highest BCUT2D eigenvalue weighted by molar-refractivity contribution is 8.06. The van der Waals surface area contributed by atoms with Gasteiger partial charge in [0.15, 0.2) is 0 Å². The molecule has 1 aliphatic carbocycles.